The number of halogens is 1. The van der Waals surface area contributed by atoms with Crippen molar-refractivity contribution in [1.29, 1.82) is 0 Å². The van der Waals surface area contributed by atoms with Crippen molar-refractivity contribution in [3.8, 4) is 0 Å². The Hall–Kier alpha value is -0.600. The maximum Gasteiger partial charge on any atom is 0.0589 e. The van der Waals surface area contributed by atoms with Crippen LogP contribution in [0.5, 0.6) is 0 Å². The predicted molar refractivity (Wildman–Crippen MR) is 53.5 cm³/mol. The minimum absolute atomic E-state index is 0.103. The van der Waals surface area contributed by atoms with E-state index in [1.807, 2.05) is 12.1 Å². The lowest BCUT2D eigenvalue weighted by Crippen LogP contribution is -2.27. The molecule has 70 valence electrons. The average molecular weight is 197 g/mol. The van der Waals surface area contributed by atoms with Crippen LogP contribution in [0.15, 0.2) is 18.3 Å². The van der Waals surface area contributed by atoms with E-state index in [1.165, 1.54) is 19.3 Å². The third kappa shape index (κ3) is 1.84. The Morgan fingerprint density at radius 1 is 1.46 bits per heavy atom. The first kappa shape index (κ1) is 8.97. The highest BCUT2D eigenvalue weighted by Gasteiger charge is 2.26. The first-order valence-corrected chi connectivity index (χ1v) is 5.02. The molecular weight excluding hydrogens is 184 g/mol. The molecule has 1 aliphatic carbocycles. The molecule has 2 N–H and O–H groups in total. The Balaban J connectivity index is 2.10. The number of hydrogen-bond donors (Lipinski definition) is 1. The van der Waals surface area contributed by atoms with Crippen LogP contribution in [-0.4, -0.2) is 4.98 Å². The van der Waals surface area contributed by atoms with Crippen LogP contribution in [0.3, 0.4) is 0 Å². The summed E-state index contributed by atoms with van der Waals surface area (Å²) in [6.07, 6.45) is 5.46. The molecule has 0 saturated heterocycles. The molecule has 13 heavy (non-hydrogen) atoms. The maximum absolute atomic E-state index is 6.04. The van der Waals surface area contributed by atoms with Crippen LogP contribution in [0, 0.1) is 5.92 Å². The number of hydrogen-bond acceptors (Lipinski definition) is 2. The van der Waals surface area contributed by atoms with Gasteiger partial charge in [-0.25, -0.2) is 0 Å². The number of pyridine rings is 1. The SMILES string of the molecule is NC(c1ccc(Cl)cn1)C1CCC1. The van der Waals surface area contributed by atoms with E-state index >= 15 is 0 Å². The van der Waals surface area contributed by atoms with Gasteiger partial charge in [-0.05, 0) is 30.9 Å². The van der Waals surface area contributed by atoms with Crippen LogP contribution in [0.1, 0.15) is 31.0 Å². The van der Waals surface area contributed by atoms with E-state index in [4.69, 9.17) is 17.3 Å². The molecule has 1 saturated carbocycles. The zero-order chi connectivity index (χ0) is 9.26. The van der Waals surface area contributed by atoms with Gasteiger partial charge in [0.2, 0.25) is 0 Å². The molecule has 1 unspecified atom stereocenters. The van der Waals surface area contributed by atoms with Crippen LogP contribution in [0.2, 0.25) is 5.02 Å². The first-order chi connectivity index (χ1) is 6.27. The lowest BCUT2D eigenvalue weighted by Gasteiger charge is -2.30. The topological polar surface area (TPSA) is 38.9 Å². The molecule has 3 heteroatoms. The van der Waals surface area contributed by atoms with Gasteiger partial charge in [-0.2, -0.15) is 0 Å². The lowest BCUT2D eigenvalue weighted by atomic mass is 9.79. The highest BCUT2D eigenvalue weighted by molar-refractivity contribution is 6.30. The second kappa shape index (κ2) is 3.64. The Labute approximate surface area is 83.1 Å². The van der Waals surface area contributed by atoms with Gasteiger partial charge in [0, 0.05) is 12.2 Å². The van der Waals surface area contributed by atoms with E-state index < -0.39 is 0 Å². The normalized spacial score (nSPS) is 19.5. The fourth-order valence-corrected chi connectivity index (χ4v) is 1.74. The molecule has 0 bridgehead atoms. The fourth-order valence-electron chi connectivity index (χ4n) is 1.62. The number of nitrogens with two attached hydrogens (primary N) is 1. The quantitative estimate of drug-likeness (QED) is 0.790. The van der Waals surface area contributed by atoms with Gasteiger partial charge in [0.1, 0.15) is 0 Å². The molecule has 0 amide bonds. The van der Waals surface area contributed by atoms with Crippen LogP contribution in [0.4, 0.5) is 0 Å². The minimum Gasteiger partial charge on any atom is -0.322 e. The monoisotopic (exact) mass is 196 g/mol. The Bertz CT molecular complexity index is 279. The van der Waals surface area contributed by atoms with Crippen molar-refractivity contribution in [2.45, 2.75) is 25.3 Å². The average Bonchev–Trinajstić information content (AvgIpc) is 2.02. The molecule has 0 radical (unpaired) electrons. The summed E-state index contributed by atoms with van der Waals surface area (Å²) in [4.78, 5) is 4.22. The molecule has 1 aliphatic rings. The van der Waals surface area contributed by atoms with Crippen molar-refractivity contribution in [3.63, 3.8) is 0 Å². The summed E-state index contributed by atoms with van der Waals surface area (Å²) in [5.41, 5.74) is 7.01. The summed E-state index contributed by atoms with van der Waals surface area (Å²) in [6, 6.07) is 3.87. The van der Waals surface area contributed by atoms with Crippen molar-refractivity contribution in [3.05, 3.63) is 29.0 Å². The second-order valence-electron chi connectivity index (χ2n) is 3.62. The number of aromatic nitrogens is 1. The van der Waals surface area contributed by atoms with E-state index in [0.717, 1.165) is 5.69 Å². The molecule has 2 rings (SSSR count). The molecule has 0 aromatic carbocycles. The minimum atomic E-state index is 0.103. The molecule has 1 heterocycles. The summed E-state index contributed by atoms with van der Waals surface area (Å²) in [7, 11) is 0. The third-order valence-electron chi connectivity index (χ3n) is 2.75. The summed E-state index contributed by atoms with van der Waals surface area (Å²) < 4.78 is 0. The largest absolute Gasteiger partial charge is 0.322 e. The van der Waals surface area contributed by atoms with Gasteiger partial charge >= 0.3 is 0 Å². The maximum atomic E-state index is 6.04. The van der Waals surface area contributed by atoms with E-state index in [2.05, 4.69) is 4.98 Å². The fraction of sp³-hybridized carbons (Fsp3) is 0.500. The molecular formula is C10H13ClN2. The van der Waals surface area contributed by atoms with E-state index in [1.54, 1.807) is 6.20 Å². The first-order valence-electron chi connectivity index (χ1n) is 4.64. The summed E-state index contributed by atoms with van der Waals surface area (Å²) >= 11 is 5.74. The van der Waals surface area contributed by atoms with Gasteiger partial charge in [0.15, 0.2) is 0 Å². The van der Waals surface area contributed by atoms with E-state index in [9.17, 15) is 0 Å². The lowest BCUT2D eigenvalue weighted by molar-refractivity contribution is 0.261. The Morgan fingerprint density at radius 2 is 2.23 bits per heavy atom. The van der Waals surface area contributed by atoms with Gasteiger partial charge in [-0.3, -0.25) is 4.98 Å². The van der Waals surface area contributed by atoms with Crippen molar-refractivity contribution in [2.24, 2.45) is 11.7 Å². The number of nitrogens with zero attached hydrogens (tertiary/aromatic N) is 1. The summed E-state index contributed by atoms with van der Waals surface area (Å²) in [6.45, 7) is 0. The van der Waals surface area contributed by atoms with Crippen LogP contribution < -0.4 is 5.73 Å². The highest BCUT2D eigenvalue weighted by Crippen LogP contribution is 2.35. The molecule has 1 fully saturated rings. The van der Waals surface area contributed by atoms with Gasteiger partial charge in [0.05, 0.1) is 10.7 Å². The Morgan fingerprint density at radius 3 is 2.69 bits per heavy atom. The third-order valence-corrected chi connectivity index (χ3v) is 2.97. The van der Waals surface area contributed by atoms with Gasteiger partial charge < -0.3 is 5.73 Å². The van der Waals surface area contributed by atoms with Crippen molar-refractivity contribution in [2.75, 3.05) is 0 Å². The molecule has 0 aliphatic heterocycles. The van der Waals surface area contributed by atoms with Gasteiger partial charge in [-0.1, -0.05) is 18.0 Å². The van der Waals surface area contributed by atoms with Crippen LogP contribution in [-0.2, 0) is 0 Å². The number of rotatable bonds is 2. The highest BCUT2D eigenvalue weighted by atomic mass is 35.5. The van der Waals surface area contributed by atoms with E-state index in [0.29, 0.717) is 10.9 Å². The molecule has 1 aromatic heterocycles. The van der Waals surface area contributed by atoms with Gasteiger partial charge in [0.25, 0.3) is 0 Å². The molecule has 2 nitrogen and oxygen atoms in total. The van der Waals surface area contributed by atoms with E-state index in [-0.39, 0.29) is 6.04 Å². The van der Waals surface area contributed by atoms with Crippen molar-refractivity contribution < 1.29 is 0 Å². The zero-order valence-corrected chi connectivity index (χ0v) is 8.17. The van der Waals surface area contributed by atoms with Crippen LogP contribution >= 0.6 is 11.6 Å². The molecule has 0 spiro atoms. The second-order valence-corrected chi connectivity index (χ2v) is 4.05. The summed E-state index contributed by atoms with van der Waals surface area (Å²) in [5.74, 6) is 0.633. The smallest absolute Gasteiger partial charge is 0.0589 e. The van der Waals surface area contributed by atoms with Crippen LogP contribution in [0.25, 0.3) is 0 Å². The zero-order valence-electron chi connectivity index (χ0n) is 7.41. The molecule has 1 aromatic rings. The van der Waals surface area contributed by atoms with Crippen molar-refractivity contribution in [1.82, 2.24) is 4.98 Å². The Kier molecular flexibility index (Phi) is 2.51. The summed E-state index contributed by atoms with van der Waals surface area (Å²) in [5, 5.41) is 0.671. The predicted octanol–water partition coefficient (Wildman–Crippen LogP) is 2.53. The standard InChI is InChI=1S/C10H13ClN2/c11-8-4-5-9(13-6-8)10(12)7-2-1-3-7/h4-7,10H,1-3,12H2. The van der Waals surface area contributed by atoms with Gasteiger partial charge in [-0.15, -0.1) is 0 Å². The van der Waals surface area contributed by atoms with Crippen molar-refractivity contribution >= 4 is 11.6 Å². The molecule has 1 atom stereocenters.